The maximum Gasteiger partial charge on any atom is 0.337 e. The van der Waals surface area contributed by atoms with Crippen LogP contribution in [0.5, 0.6) is 0 Å². The maximum atomic E-state index is 13.5. The van der Waals surface area contributed by atoms with Crippen LogP contribution >= 0.6 is 0 Å². The Hall–Kier alpha value is -4.20. The number of ether oxygens (including phenoxy) is 11. The van der Waals surface area contributed by atoms with Crippen molar-refractivity contribution in [1.29, 1.82) is 0 Å². The molecule has 3 fully saturated rings. The third kappa shape index (κ3) is 11.4. The van der Waals surface area contributed by atoms with Gasteiger partial charge < -0.3 is 108 Å². The predicted molar refractivity (Wildman–Crippen MR) is 207 cm³/mol. The van der Waals surface area contributed by atoms with Crippen molar-refractivity contribution in [1.82, 2.24) is 0 Å². The highest BCUT2D eigenvalue weighted by Gasteiger charge is 2.50. The summed E-state index contributed by atoms with van der Waals surface area (Å²) in [6.45, 7) is 0.611. The normalized spacial score (nSPS) is 40.6. The van der Waals surface area contributed by atoms with Crippen molar-refractivity contribution >= 4 is 23.9 Å². The first-order valence-corrected chi connectivity index (χ1v) is 20.5. The molecule has 26 nitrogen and oxygen atoms in total. The van der Waals surface area contributed by atoms with E-state index in [0.717, 1.165) is 26.7 Å². The van der Waals surface area contributed by atoms with Gasteiger partial charge in [-0.1, -0.05) is 12.2 Å². The Morgan fingerprint density at radius 1 is 0.545 bits per heavy atom. The average molecular weight is 953 g/mol. The summed E-state index contributed by atoms with van der Waals surface area (Å²) in [5.74, 6) is -6.57. The minimum Gasteiger partial charge on any atom is -0.468 e. The highest BCUT2D eigenvalue weighted by Crippen LogP contribution is 2.38. The molecule has 5 rings (SSSR count). The second-order valence-electron chi connectivity index (χ2n) is 15.5. The number of carbonyl (C=O) groups is 4. The molecule has 0 aliphatic carbocycles. The van der Waals surface area contributed by atoms with E-state index in [-0.39, 0.29) is 22.3 Å². The molecular weight excluding hydrogens is 896 g/mol. The molecule has 0 spiro atoms. The summed E-state index contributed by atoms with van der Waals surface area (Å²) >= 11 is 0. The number of hydrogen-bond donors (Lipinski definition) is 11. The fourth-order valence-electron chi connectivity index (χ4n) is 7.75. The monoisotopic (exact) mass is 952 g/mol. The summed E-state index contributed by atoms with van der Waals surface area (Å²) in [6.07, 6.45) is -26.2. The molecule has 5 heterocycles. The molecule has 0 saturated carbocycles. The van der Waals surface area contributed by atoms with Crippen LogP contribution in [0.3, 0.4) is 0 Å². The van der Waals surface area contributed by atoms with Crippen LogP contribution in [0, 0.1) is 11.8 Å². The predicted octanol–water partition coefficient (Wildman–Crippen LogP) is -5.75. The molecule has 5 aliphatic rings. The summed E-state index contributed by atoms with van der Waals surface area (Å²) in [6, 6.07) is 0. The quantitative estimate of drug-likeness (QED) is 0.0414. The van der Waals surface area contributed by atoms with Crippen molar-refractivity contribution < 1.29 is 127 Å². The number of aliphatic hydroxyl groups excluding tert-OH is 11. The number of esters is 4. The molecule has 5 aliphatic heterocycles. The standard InChI is InChI=1S/C40H56O26/c1-5-14-16(18(34(54)56-3)11-59-36(14)65-39-32(52)28(48)25(45)20(9-41)61-39)7-23(43)58-13-22-27(47)30(50)31(51)38(63-22)64-24(44)8-17-15(6-2)37(60-12-19(17)35(55)57-4)66-40-33(53)29(49)26(46)21(10-42)62-40/h5-6,11-12,16-17,20-22,25-33,36-42,45-53H,7-10,13H2,1-4H3. The van der Waals surface area contributed by atoms with Gasteiger partial charge in [0.1, 0.15) is 79.9 Å². The maximum absolute atomic E-state index is 13.5. The van der Waals surface area contributed by atoms with Gasteiger partial charge >= 0.3 is 23.9 Å². The van der Waals surface area contributed by atoms with Crippen molar-refractivity contribution in [3.63, 3.8) is 0 Å². The molecule has 0 amide bonds. The Balaban J connectivity index is 1.25. The van der Waals surface area contributed by atoms with Crippen molar-refractivity contribution in [3.05, 3.63) is 47.0 Å². The summed E-state index contributed by atoms with van der Waals surface area (Å²) in [5.41, 5.74) is -0.282. The zero-order chi connectivity index (χ0) is 48.7. The molecule has 3 saturated heterocycles. The van der Waals surface area contributed by atoms with Gasteiger partial charge in [0.2, 0.25) is 18.9 Å². The molecule has 0 aromatic carbocycles. The van der Waals surface area contributed by atoms with Crippen LogP contribution in [-0.4, -0.2) is 219 Å². The lowest BCUT2D eigenvalue weighted by Crippen LogP contribution is -2.60. The van der Waals surface area contributed by atoms with Crippen LogP contribution in [0.4, 0.5) is 0 Å². The van der Waals surface area contributed by atoms with E-state index in [1.807, 2.05) is 0 Å². The van der Waals surface area contributed by atoms with E-state index >= 15 is 0 Å². The van der Waals surface area contributed by atoms with Crippen molar-refractivity contribution in [2.24, 2.45) is 11.8 Å². The SMILES string of the molecule is CC=C1C(OC2OC(CO)C(O)C(O)C2O)OC=C(C(=O)OC)C1CC(=O)OCC1OC(OC(=O)CC2C(C(=O)OC)=COC(OC3OC(CO)C(O)C(O)C3O)C2=CC)C(O)C(O)C1O. The molecule has 19 atom stereocenters. The molecule has 0 radical (unpaired) electrons. The van der Waals surface area contributed by atoms with Gasteiger partial charge in [-0.05, 0) is 13.8 Å². The van der Waals surface area contributed by atoms with Gasteiger partial charge in [-0.3, -0.25) is 9.59 Å². The van der Waals surface area contributed by atoms with E-state index in [0.29, 0.717) is 0 Å². The van der Waals surface area contributed by atoms with Gasteiger partial charge in [-0.2, -0.15) is 0 Å². The summed E-state index contributed by atoms with van der Waals surface area (Å²) in [5, 5.41) is 113. The van der Waals surface area contributed by atoms with E-state index < -0.39 is 173 Å². The van der Waals surface area contributed by atoms with E-state index in [1.54, 1.807) is 0 Å². The molecule has 0 aromatic heterocycles. The first-order chi connectivity index (χ1) is 31.3. The molecule has 19 unspecified atom stereocenters. The Morgan fingerprint density at radius 3 is 1.32 bits per heavy atom. The Bertz CT molecular complexity index is 1830. The number of aliphatic hydroxyl groups is 11. The molecule has 11 N–H and O–H groups in total. The molecule has 66 heavy (non-hydrogen) atoms. The highest BCUT2D eigenvalue weighted by atomic mass is 16.8. The number of rotatable bonds is 15. The first kappa shape index (κ1) is 52.8. The molecule has 372 valence electrons. The Morgan fingerprint density at radius 2 is 0.924 bits per heavy atom. The zero-order valence-corrected chi connectivity index (χ0v) is 35.9. The van der Waals surface area contributed by atoms with Gasteiger partial charge in [-0.25, -0.2) is 9.59 Å². The fraction of sp³-hybridized carbons (Fsp3) is 0.700. The van der Waals surface area contributed by atoms with Crippen LogP contribution < -0.4 is 0 Å². The second-order valence-corrected chi connectivity index (χ2v) is 15.5. The third-order valence-electron chi connectivity index (χ3n) is 11.5. The summed E-state index contributed by atoms with van der Waals surface area (Å²) in [7, 11) is 2.11. The lowest BCUT2D eigenvalue weighted by Gasteiger charge is -2.42. The van der Waals surface area contributed by atoms with Gasteiger partial charge in [0.25, 0.3) is 0 Å². The van der Waals surface area contributed by atoms with Crippen LogP contribution in [0.2, 0.25) is 0 Å². The van der Waals surface area contributed by atoms with Crippen LogP contribution in [0.15, 0.2) is 47.0 Å². The van der Waals surface area contributed by atoms with Crippen molar-refractivity contribution in [3.8, 4) is 0 Å². The number of allylic oxidation sites excluding steroid dienone is 2. The lowest BCUT2D eigenvalue weighted by atomic mass is 9.86. The van der Waals surface area contributed by atoms with E-state index in [2.05, 4.69) is 0 Å². The number of hydrogen-bond acceptors (Lipinski definition) is 26. The Kier molecular flexibility index (Phi) is 18.6. The molecule has 26 heteroatoms. The number of carbonyl (C=O) groups excluding carboxylic acids is 4. The van der Waals surface area contributed by atoms with E-state index in [9.17, 15) is 75.3 Å². The average Bonchev–Trinajstić information content (AvgIpc) is 3.31. The first-order valence-electron chi connectivity index (χ1n) is 20.5. The van der Waals surface area contributed by atoms with Gasteiger partial charge in [0.15, 0.2) is 12.6 Å². The Labute approximate surface area is 375 Å². The largest absolute Gasteiger partial charge is 0.468 e. The zero-order valence-electron chi connectivity index (χ0n) is 35.9. The minimum absolute atomic E-state index is 0.0553. The second kappa shape index (κ2) is 23.2. The molecular formula is C40H56O26. The number of methoxy groups -OCH3 is 2. The van der Waals surface area contributed by atoms with Crippen molar-refractivity contribution in [2.75, 3.05) is 34.0 Å². The van der Waals surface area contributed by atoms with E-state index in [4.69, 9.17) is 52.1 Å². The van der Waals surface area contributed by atoms with Crippen LogP contribution in [0.25, 0.3) is 0 Å². The lowest BCUT2D eigenvalue weighted by molar-refractivity contribution is -0.328. The highest BCUT2D eigenvalue weighted by molar-refractivity contribution is 5.91. The minimum atomic E-state index is -2.07. The van der Waals surface area contributed by atoms with Crippen molar-refractivity contribution in [2.45, 2.75) is 131 Å². The van der Waals surface area contributed by atoms with Gasteiger partial charge in [0, 0.05) is 23.0 Å². The summed E-state index contributed by atoms with van der Waals surface area (Å²) < 4.78 is 59.3. The van der Waals surface area contributed by atoms with E-state index in [1.165, 1.54) is 26.0 Å². The van der Waals surface area contributed by atoms with Gasteiger partial charge in [0.05, 0.1) is 63.9 Å². The molecule has 0 aromatic rings. The van der Waals surface area contributed by atoms with Gasteiger partial charge in [-0.15, -0.1) is 0 Å². The molecule has 0 bridgehead atoms. The fourth-order valence-corrected chi connectivity index (χ4v) is 7.75. The topological polar surface area (TPSA) is 392 Å². The van der Waals surface area contributed by atoms with Crippen LogP contribution in [-0.2, 0) is 71.3 Å². The smallest absolute Gasteiger partial charge is 0.337 e. The summed E-state index contributed by atoms with van der Waals surface area (Å²) in [4.78, 5) is 52.5. The van der Waals surface area contributed by atoms with Crippen LogP contribution in [0.1, 0.15) is 26.7 Å². The third-order valence-corrected chi connectivity index (χ3v) is 11.5.